The van der Waals surface area contributed by atoms with Crippen molar-refractivity contribution in [3.8, 4) is 0 Å². The fourth-order valence-electron chi connectivity index (χ4n) is 2.25. The smallest absolute Gasteiger partial charge is 0.254 e. The molecule has 0 aliphatic carbocycles. The number of carbonyl (C=O) groups excluding carboxylic acids is 1. The minimum absolute atomic E-state index is 0.00319. The van der Waals surface area contributed by atoms with Gasteiger partial charge < -0.3 is 5.32 Å². The summed E-state index contributed by atoms with van der Waals surface area (Å²) in [6.45, 7) is 5.87. The van der Waals surface area contributed by atoms with Gasteiger partial charge in [0.15, 0.2) is 0 Å². The molecule has 2 rings (SSSR count). The Morgan fingerprint density at radius 1 is 1.19 bits per heavy atom. The van der Waals surface area contributed by atoms with E-state index in [1.807, 2.05) is 39.0 Å². The van der Waals surface area contributed by atoms with Gasteiger partial charge in [0.25, 0.3) is 5.91 Å². The Morgan fingerprint density at radius 2 is 1.90 bits per heavy atom. The first-order valence-electron chi connectivity index (χ1n) is 6.71. The average molecular weight is 306 g/mol. The molecule has 2 nitrogen and oxygen atoms in total. The van der Waals surface area contributed by atoms with Crippen molar-refractivity contribution in [1.82, 2.24) is 5.32 Å². The van der Waals surface area contributed by atoms with Crippen LogP contribution in [0.15, 0.2) is 36.4 Å². The predicted molar refractivity (Wildman–Crippen MR) is 83.2 cm³/mol. The Balaban J connectivity index is 2.20. The Labute approximate surface area is 128 Å². The molecule has 1 atom stereocenters. The van der Waals surface area contributed by atoms with Gasteiger partial charge in [-0.25, -0.2) is 4.39 Å². The highest BCUT2D eigenvalue weighted by atomic mass is 35.5. The monoisotopic (exact) mass is 305 g/mol. The summed E-state index contributed by atoms with van der Waals surface area (Å²) >= 11 is 5.69. The van der Waals surface area contributed by atoms with Gasteiger partial charge in [-0.1, -0.05) is 35.4 Å². The lowest BCUT2D eigenvalue weighted by Gasteiger charge is -2.17. The number of amides is 1. The minimum atomic E-state index is -0.617. The number of benzene rings is 2. The van der Waals surface area contributed by atoms with Crippen molar-refractivity contribution >= 4 is 17.5 Å². The van der Waals surface area contributed by atoms with Crippen molar-refractivity contribution in [1.29, 1.82) is 0 Å². The van der Waals surface area contributed by atoms with Gasteiger partial charge in [-0.3, -0.25) is 4.79 Å². The van der Waals surface area contributed by atoms with E-state index in [1.165, 1.54) is 12.1 Å². The molecule has 0 fully saturated rings. The van der Waals surface area contributed by atoms with Gasteiger partial charge in [-0.2, -0.15) is 0 Å². The van der Waals surface area contributed by atoms with Crippen LogP contribution >= 0.6 is 11.6 Å². The van der Waals surface area contributed by atoms with Crippen LogP contribution in [0.5, 0.6) is 0 Å². The second-order valence-electron chi connectivity index (χ2n) is 5.18. The van der Waals surface area contributed by atoms with Crippen LogP contribution in [-0.2, 0) is 0 Å². The van der Waals surface area contributed by atoms with Crippen LogP contribution in [0.3, 0.4) is 0 Å². The van der Waals surface area contributed by atoms with E-state index in [1.54, 1.807) is 0 Å². The molecule has 110 valence electrons. The Hall–Kier alpha value is -1.87. The zero-order chi connectivity index (χ0) is 15.6. The maximum absolute atomic E-state index is 13.8. The molecule has 0 aromatic heterocycles. The number of nitrogens with one attached hydrogen (secondary N) is 1. The standard InChI is InChI=1S/C17H17ClFNO/c1-10-4-5-11(2)15(8-10)12(3)20-17(21)14-7-6-13(18)9-16(14)19/h4-9,12H,1-3H3,(H,20,21). The highest BCUT2D eigenvalue weighted by molar-refractivity contribution is 6.30. The zero-order valence-electron chi connectivity index (χ0n) is 12.2. The quantitative estimate of drug-likeness (QED) is 0.883. The first kappa shape index (κ1) is 15.5. The summed E-state index contributed by atoms with van der Waals surface area (Å²) in [5.74, 6) is -1.06. The zero-order valence-corrected chi connectivity index (χ0v) is 13.0. The maximum Gasteiger partial charge on any atom is 0.254 e. The third kappa shape index (κ3) is 3.61. The van der Waals surface area contributed by atoms with E-state index in [9.17, 15) is 9.18 Å². The lowest BCUT2D eigenvalue weighted by Crippen LogP contribution is -2.28. The van der Waals surface area contributed by atoms with Crippen LogP contribution in [0.25, 0.3) is 0 Å². The summed E-state index contributed by atoms with van der Waals surface area (Å²) < 4.78 is 13.8. The number of halogens is 2. The summed E-state index contributed by atoms with van der Waals surface area (Å²) in [5, 5.41) is 3.09. The van der Waals surface area contributed by atoms with Gasteiger partial charge in [-0.05, 0) is 50.1 Å². The molecule has 0 saturated heterocycles. The molecule has 2 aromatic rings. The van der Waals surface area contributed by atoms with Crippen molar-refractivity contribution in [2.24, 2.45) is 0 Å². The summed E-state index contributed by atoms with van der Waals surface area (Å²) in [5.41, 5.74) is 3.23. The molecule has 21 heavy (non-hydrogen) atoms. The van der Waals surface area contributed by atoms with Gasteiger partial charge in [0.05, 0.1) is 11.6 Å². The third-order valence-corrected chi connectivity index (χ3v) is 3.66. The maximum atomic E-state index is 13.8. The van der Waals surface area contributed by atoms with E-state index in [0.717, 1.165) is 22.8 Å². The van der Waals surface area contributed by atoms with Gasteiger partial charge in [0.2, 0.25) is 0 Å². The Kier molecular flexibility index (Phi) is 4.63. The normalized spacial score (nSPS) is 12.0. The third-order valence-electron chi connectivity index (χ3n) is 3.42. The second kappa shape index (κ2) is 6.27. The van der Waals surface area contributed by atoms with E-state index in [4.69, 9.17) is 11.6 Å². The molecule has 1 amide bonds. The van der Waals surface area contributed by atoms with Crippen molar-refractivity contribution in [2.45, 2.75) is 26.8 Å². The molecule has 0 heterocycles. The van der Waals surface area contributed by atoms with E-state index < -0.39 is 11.7 Å². The molecule has 0 aliphatic rings. The predicted octanol–water partition coefficient (Wildman–Crippen LogP) is 4.59. The highest BCUT2D eigenvalue weighted by Gasteiger charge is 2.16. The Morgan fingerprint density at radius 3 is 2.57 bits per heavy atom. The molecular formula is C17H17ClFNO. The second-order valence-corrected chi connectivity index (χ2v) is 5.62. The van der Waals surface area contributed by atoms with Gasteiger partial charge in [0, 0.05) is 5.02 Å². The molecule has 0 radical (unpaired) electrons. The van der Waals surface area contributed by atoms with Gasteiger partial charge >= 0.3 is 0 Å². The van der Waals surface area contributed by atoms with Crippen LogP contribution in [0.1, 0.15) is 40.0 Å². The van der Waals surface area contributed by atoms with Crippen LogP contribution in [0.4, 0.5) is 4.39 Å². The van der Waals surface area contributed by atoms with Gasteiger partial charge in [0.1, 0.15) is 5.82 Å². The summed E-state index contributed by atoms with van der Waals surface area (Å²) in [7, 11) is 0. The molecule has 1 N–H and O–H groups in total. The van der Waals surface area contributed by atoms with Crippen molar-refractivity contribution in [3.05, 3.63) is 69.5 Å². The first-order chi connectivity index (χ1) is 9.88. The van der Waals surface area contributed by atoms with Crippen molar-refractivity contribution in [2.75, 3.05) is 0 Å². The average Bonchev–Trinajstić information content (AvgIpc) is 2.41. The molecule has 0 aliphatic heterocycles. The SMILES string of the molecule is Cc1ccc(C)c(C(C)NC(=O)c2ccc(Cl)cc2F)c1. The number of hydrogen-bond acceptors (Lipinski definition) is 1. The Bertz CT molecular complexity index is 684. The van der Waals surface area contributed by atoms with E-state index in [-0.39, 0.29) is 16.6 Å². The molecule has 1 unspecified atom stereocenters. The first-order valence-corrected chi connectivity index (χ1v) is 7.09. The van der Waals surface area contributed by atoms with Crippen LogP contribution in [-0.4, -0.2) is 5.91 Å². The minimum Gasteiger partial charge on any atom is -0.345 e. The molecular weight excluding hydrogens is 289 g/mol. The lowest BCUT2D eigenvalue weighted by molar-refractivity contribution is 0.0936. The fourth-order valence-corrected chi connectivity index (χ4v) is 2.41. The topological polar surface area (TPSA) is 29.1 Å². The summed E-state index contributed by atoms with van der Waals surface area (Å²) in [4.78, 5) is 12.2. The molecule has 0 bridgehead atoms. The lowest BCUT2D eigenvalue weighted by atomic mass is 9.99. The highest BCUT2D eigenvalue weighted by Crippen LogP contribution is 2.20. The largest absolute Gasteiger partial charge is 0.345 e. The van der Waals surface area contributed by atoms with E-state index in [0.29, 0.717) is 0 Å². The molecule has 0 spiro atoms. The van der Waals surface area contributed by atoms with Crippen LogP contribution in [0, 0.1) is 19.7 Å². The number of rotatable bonds is 3. The fraction of sp³-hybridized carbons (Fsp3) is 0.235. The van der Waals surface area contributed by atoms with Crippen molar-refractivity contribution < 1.29 is 9.18 Å². The van der Waals surface area contributed by atoms with Crippen LogP contribution < -0.4 is 5.32 Å². The van der Waals surface area contributed by atoms with Crippen molar-refractivity contribution in [3.63, 3.8) is 0 Å². The van der Waals surface area contributed by atoms with E-state index >= 15 is 0 Å². The number of carbonyl (C=O) groups is 1. The molecule has 4 heteroatoms. The molecule has 0 saturated carbocycles. The number of hydrogen-bond donors (Lipinski definition) is 1. The van der Waals surface area contributed by atoms with Crippen LogP contribution in [0.2, 0.25) is 5.02 Å². The summed E-state index contributed by atoms with van der Waals surface area (Å²) in [6.07, 6.45) is 0. The van der Waals surface area contributed by atoms with Gasteiger partial charge in [-0.15, -0.1) is 0 Å². The number of aryl methyl sites for hydroxylation is 2. The van der Waals surface area contributed by atoms with E-state index in [2.05, 4.69) is 5.32 Å². The molecule has 2 aromatic carbocycles. The summed E-state index contributed by atoms with van der Waals surface area (Å²) in [6, 6.07) is 9.89.